The standard InChI is InChI=1S/C16H22N2O2/c19-15-5-2-8-18(11-15)16(20)13-3-1-4-14(9-13)17-10-12-6-7-12/h1,3-4,9,12,15,17,19H,2,5-8,10-11H2. The van der Waals surface area contributed by atoms with Crippen molar-refractivity contribution in [1.29, 1.82) is 0 Å². The number of piperidine rings is 1. The largest absolute Gasteiger partial charge is 0.391 e. The number of carbonyl (C=O) groups is 1. The van der Waals surface area contributed by atoms with Gasteiger partial charge in [-0.15, -0.1) is 0 Å². The maximum Gasteiger partial charge on any atom is 0.254 e. The summed E-state index contributed by atoms with van der Waals surface area (Å²) in [6, 6.07) is 7.70. The second kappa shape index (κ2) is 5.83. The SMILES string of the molecule is O=C(c1cccc(NCC2CC2)c1)N1CCCC(O)C1. The zero-order valence-corrected chi connectivity index (χ0v) is 11.7. The normalized spacial score (nSPS) is 22.6. The molecular weight excluding hydrogens is 252 g/mol. The van der Waals surface area contributed by atoms with Crippen molar-refractivity contribution in [3.8, 4) is 0 Å². The molecule has 1 amide bonds. The molecule has 1 aromatic carbocycles. The Hall–Kier alpha value is -1.55. The van der Waals surface area contributed by atoms with Gasteiger partial charge in [-0.05, 0) is 49.8 Å². The molecule has 1 aliphatic heterocycles. The molecule has 2 aliphatic rings. The van der Waals surface area contributed by atoms with Crippen molar-refractivity contribution in [3.05, 3.63) is 29.8 Å². The van der Waals surface area contributed by atoms with E-state index >= 15 is 0 Å². The highest BCUT2D eigenvalue weighted by Crippen LogP contribution is 2.29. The van der Waals surface area contributed by atoms with E-state index in [1.807, 2.05) is 24.3 Å². The van der Waals surface area contributed by atoms with Crippen LogP contribution in [0.3, 0.4) is 0 Å². The van der Waals surface area contributed by atoms with E-state index < -0.39 is 0 Å². The van der Waals surface area contributed by atoms with Crippen molar-refractivity contribution < 1.29 is 9.90 Å². The highest BCUT2D eigenvalue weighted by molar-refractivity contribution is 5.95. The lowest BCUT2D eigenvalue weighted by Crippen LogP contribution is -2.42. The minimum Gasteiger partial charge on any atom is -0.391 e. The summed E-state index contributed by atoms with van der Waals surface area (Å²) in [5.74, 6) is 0.838. The first-order valence-electron chi connectivity index (χ1n) is 7.53. The molecule has 108 valence electrons. The fraction of sp³-hybridized carbons (Fsp3) is 0.562. The number of anilines is 1. The molecular formula is C16H22N2O2. The van der Waals surface area contributed by atoms with Crippen LogP contribution >= 0.6 is 0 Å². The van der Waals surface area contributed by atoms with Crippen molar-refractivity contribution in [2.75, 3.05) is 25.0 Å². The molecule has 4 nitrogen and oxygen atoms in total. The first-order chi connectivity index (χ1) is 9.72. The fourth-order valence-electron chi connectivity index (χ4n) is 2.67. The highest BCUT2D eigenvalue weighted by Gasteiger charge is 2.23. The van der Waals surface area contributed by atoms with Crippen LogP contribution in [-0.4, -0.2) is 41.7 Å². The summed E-state index contributed by atoms with van der Waals surface area (Å²) in [6.45, 7) is 2.20. The molecule has 1 saturated carbocycles. The number of nitrogens with one attached hydrogen (secondary N) is 1. The molecule has 0 radical (unpaired) electrons. The number of likely N-dealkylation sites (tertiary alicyclic amines) is 1. The molecule has 0 aromatic heterocycles. The fourth-order valence-corrected chi connectivity index (χ4v) is 2.67. The van der Waals surface area contributed by atoms with Gasteiger partial charge in [-0.1, -0.05) is 6.07 Å². The van der Waals surface area contributed by atoms with Gasteiger partial charge < -0.3 is 15.3 Å². The van der Waals surface area contributed by atoms with Crippen molar-refractivity contribution in [2.24, 2.45) is 5.92 Å². The Morgan fingerprint density at radius 2 is 2.20 bits per heavy atom. The second-order valence-corrected chi connectivity index (χ2v) is 5.95. The quantitative estimate of drug-likeness (QED) is 0.884. The third kappa shape index (κ3) is 3.31. The number of β-amino-alcohol motifs (C(OH)–C–C–N with tert-alkyl or cyclic N) is 1. The Labute approximate surface area is 119 Å². The molecule has 1 saturated heterocycles. The van der Waals surface area contributed by atoms with Crippen LogP contribution in [0.4, 0.5) is 5.69 Å². The first kappa shape index (κ1) is 13.4. The third-order valence-corrected chi connectivity index (χ3v) is 4.09. The summed E-state index contributed by atoms with van der Waals surface area (Å²) in [4.78, 5) is 14.2. The number of nitrogens with zero attached hydrogens (tertiary/aromatic N) is 1. The number of aliphatic hydroxyl groups excluding tert-OH is 1. The molecule has 2 N–H and O–H groups in total. The predicted molar refractivity (Wildman–Crippen MR) is 78.8 cm³/mol. The number of hydrogen-bond acceptors (Lipinski definition) is 3. The molecule has 1 aromatic rings. The molecule has 1 heterocycles. The molecule has 3 rings (SSSR count). The topological polar surface area (TPSA) is 52.6 Å². The number of aliphatic hydroxyl groups is 1. The molecule has 0 spiro atoms. The smallest absolute Gasteiger partial charge is 0.254 e. The van der Waals surface area contributed by atoms with Gasteiger partial charge in [0.15, 0.2) is 0 Å². The zero-order chi connectivity index (χ0) is 13.9. The summed E-state index contributed by atoms with van der Waals surface area (Å²) in [6.07, 6.45) is 3.94. The van der Waals surface area contributed by atoms with Crippen LogP contribution < -0.4 is 5.32 Å². The van der Waals surface area contributed by atoms with E-state index in [1.54, 1.807) is 4.90 Å². The lowest BCUT2D eigenvalue weighted by atomic mass is 10.1. The number of rotatable bonds is 4. The Balaban J connectivity index is 1.65. The summed E-state index contributed by atoms with van der Waals surface area (Å²) >= 11 is 0. The van der Waals surface area contributed by atoms with Crippen molar-refractivity contribution in [3.63, 3.8) is 0 Å². The minimum absolute atomic E-state index is 0.0267. The molecule has 1 atom stereocenters. The van der Waals surface area contributed by atoms with Crippen LogP contribution in [0.5, 0.6) is 0 Å². The Morgan fingerprint density at radius 1 is 1.35 bits per heavy atom. The summed E-state index contributed by atoms with van der Waals surface area (Å²) in [5, 5.41) is 13.1. The van der Waals surface area contributed by atoms with Gasteiger partial charge in [-0.3, -0.25) is 4.79 Å². The van der Waals surface area contributed by atoms with Gasteiger partial charge in [0.05, 0.1) is 6.10 Å². The molecule has 0 bridgehead atoms. The zero-order valence-electron chi connectivity index (χ0n) is 11.7. The van der Waals surface area contributed by atoms with E-state index in [0.717, 1.165) is 37.5 Å². The Bertz CT molecular complexity index is 485. The predicted octanol–water partition coefficient (Wildman–Crippen LogP) is 2.11. The Morgan fingerprint density at radius 3 is 2.95 bits per heavy atom. The summed E-state index contributed by atoms with van der Waals surface area (Å²) < 4.78 is 0. The van der Waals surface area contributed by atoms with Crippen LogP contribution in [-0.2, 0) is 0 Å². The van der Waals surface area contributed by atoms with E-state index in [0.29, 0.717) is 12.1 Å². The van der Waals surface area contributed by atoms with Gasteiger partial charge >= 0.3 is 0 Å². The third-order valence-electron chi connectivity index (χ3n) is 4.09. The van der Waals surface area contributed by atoms with Crippen molar-refractivity contribution >= 4 is 11.6 Å². The number of carbonyl (C=O) groups excluding carboxylic acids is 1. The molecule has 20 heavy (non-hydrogen) atoms. The highest BCUT2D eigenvalue weighted by atomic mass is 16.3. The molecule has 1 aliphatic carbocycles. The average molecular weight is 274 g/mol. The van der Waals surface area contributed by atoms with Gasteiger partial charge in [0, 0.05) is 30.9 Å². The van der Waals surface area contributed by atoms with E-state index in [2.05, 4.69) is 5.32 Å². The van der Waals surface area contributed by atoms with Crippen molar-refractivity contribution in [2.45, 2.75) is 31.8 Å². The molecule has 1 unspecified atom stereocenters. The minimum atomic E-state index is -0.371. The monoisotopic (exact) mass is 274 g/mol. The van der Waals surface area contributed by atoms with Crippen LogP contribution in [0.1, 0.15) is 36.0 Å². The van der Waals surface area contributed by atoms with E-state index in [9.17, 15) is 9.90 Å². The van der Waals surface area contributed by atoms with Crippen LogP contribution in [0, 0.1) is 5.92 Å². The van der Waals surface area contributed by atoms with Gasteiger partial charge in [-0.2, -0.15) is 0 Å². The van der Waals surface area contributed by atoms with E-state index in [4.69, 9.17) is 0 Å². The van der Waals surface area contributed by atoms with Gasteiger partial charge in [-0.25, -0.2) is 0 Å². The van der Waals surface area contributed by atoms with E-state index in [-0.39, 0.29) is 12.0 Å². The maximum absolute atomic E-state index is 12.4. The average Bonchev–Trinajstić information content (AvgIpc) is 3.29. The van der Waals surface area contributed by atoms with Gasteiger partial charge in [0.25, 0.3) is 5.91 Å². The van der Waals surface area contributed by atoms with Crippen LogP contribution in [0.25, 0.3) is 0 Å². The lowest BCUT2D eigenvalue weighted by molar-refractivity contribution is 0.0474. The van der Waals surface area contributed by atoms with Gasteiger partial charge in [0.1, 0.15) is 0 Å². The number of hydrogen-bond donors (Lipinski definition) is 2. The van der Waals surface area contributed by atoms with Crippen LogP contribution in [0.2, 0.25) is 0 Å². The van der Waals surface area contributed by atoms with Crippen LogP contribution in [0.15, 0.2) is 24.3 Å². The van der Waals surface area contributed by atoms with E-state index in [1.165, 1.54) is 12.8 Å². The second-order valence-electron chi connectivity index (χ2n) is 5.95. The summed E-state index contributed by atoms with van der Waals surface area (Å²) in [7, 11) is 0. The maximum atomic E-state index is 12.4. The lowest BCUT2D eigenvalue weighted by Gasteiger charge is -2.30. The van der Waals surface area contributed by atoms with Crippen molar-refractivity contribution in [1.82, 2.24) is 4.90 Å². The number of benzene rings is 1. The molecule has 2 fully saturated rings. The Kier molecular flexibility index (Phi) is 3.92. The summed E-state index contributed by atoms with van der Waals surface area (Å²) in [5.41, 5.74) is 1.72. The number of amides is 1. The first-order valence-corrected chi connectivity index (χ1v) is 7.53. The molecule has 4 heteroatoms. The van der Waals surface area contributed by atoms with Gasteiger partial charge in [0.2, 0.25) is 0 Å².